The highest BCUT2D eigenvalue weighted by Gasteiger charge is 2.12. The van der Waals surface area contributed by atoms with Crippen molar-refractivity contribution in [3.63, 3.8) is 0 Å². The molecule has 4 N–H and O–H groups in total. The van der Waals surface area contributed by atoms with Crippen LogP contribution in [0.1, 0.15) is 60.4 Å². The van der Waals surface area contributed by atoms with Gasteiger partial charge in [-0.25, -0.2) is 0 Å². The minimum Gasteiger partial charge on any atom is -0.317 e. The second kappa shape index (κ2) is 17.8. The van der Waals surface area contributed by atoms with Crippen LogP contribution in [0.2, 0.25) is 0 Å². The summed E-state index contributed by atoms with van der Waals surface area (Å²) in [5, 5.41) is 14.5. The average Bonchev–Trinajstić information content (AvgIpc) is 3.01. The molecule has 1 aliphatic carbocycles. The minimum atomic E-state index is 0.626. The Morgan fingerprint density at radius 3 is 1.69 bits per heavy atom. The van der Waals surface area contributed by atoms with Crippen LogP contribution in [0.15, 0.2) is 85.0 Å². The molecule has 1 unspecified atom stereocenters. The maximum absolute atomic E-state index is 3.65. The van der Waals surface area contributed by atoms with E-state index >= 15 is 0 Å². The molecular formula is C38H52N4. The van der Waals surface area contributed by atoms with E-state index in [1.807, 2.05) is 0 Å². The monoisotopic (exact) mass is 564 g/mol. The molecule has 0 radical (unpaired) electrons. The predicted octanol–water partition coefficient (Wildman–Crippen LogP) is 7.18. The molecule has 0 spiro atoms. The van der Waals surface area contributed by atoms with Gasteiger partial charge < -0.3 is 21.3 Å². The van der Waals surface area contributed by atoms with Gasteiger partial charge >= 0.3 is 0 Å². The summed E-state index contributed by atoms with van der Waals surface area (Å²) < 4.78 is 0. The summed E-state index contributed by atoms with van der Waals surface area (Å²) in [6, 6.07) is 24.1. The van der Waals surface area contributed by atoms with Crippen molar-refractivity contribution in [2.75, 3.05) is 39.3 Å². The lowest BCUT2D eigenvalue weighted by molar-refractivity contribution is 0.551. The normalized spacial score (nSPS) is 14.7. The van der Waals surface area contributed by atoms with Crippen LogP contribution in [0.3, 0.4) is 0 Å². The number of allylic oxidation sites excluding steroid dienone is 4. The van der Waals surface area contributed by atoms with Gasteiger partial charge in [-0.2, -0.15) is 0 Å². The van der Waals surface area contributed by atoms with Crippen LogP contribution in [0.5, 0.6) is 0 Å². The molecule has 3 aromatic carbocycles. The summed E-state index contributed by atoms with van der Waals surface area (Å²) >= 11 is 0. The van der Waals surface area contributed by atoms with Crippen molar-refractivity contribution >= 4 is 5.57 Å². The fourth-order valence-corrected chi connectivity index (χ4v) is 5.78. The Morgan fingerprint density at radius 1 is 0.595 bits per heavy atom. The summed E-state index contributed by atoms with van der Waals surface area (Å²) in [5.41, 5.74) is 11.1. The molecule has 0 fully saturated rings. The molecule has 0 saturated carbocycles. The van der Waals surface area contributed by atoms with E-state index in [-0.39, 0.29) is 0 Å². The van der Waals surface area contributed by atoms with Crippen molar-refractivity contribution in [2.45, 2.75) is 59.5 Å². The summed E-state index contributed by atoms with van der Waals surface area (Å²) in [4.78, 5) is 0. The first-order valence-electron chi connectivity index (χ1n) is 16.1. The third-order valence-corrected chi connectivity index (χ3v) is 8.35. The number of nitrogens with one attached hydrogen (secondary N) is 4. The zero-order valence-electron chi connectivity index (χ0n) is 26.1. The smallest absolute Gasteiger partial charge is 0.0208 e. The van der Waals surface area contributed by atoms with Gasteiger partial charge in [0, 0.05) is 13.1 Å². The van der Waals surface area contributed by atoms with Crippen LogP contribution in [-0.2, 0) is 13.1 Å². The molecule has 0 aliphatic heterocycles. The Labute approximate surface area is 255 Å². The Morgan fingerprint density at radius 2 is 1.12 bits per heavy atom. The van der Waals surface area contributed by atoms with E-state index in [4.69, 9.17) is 0 Å². The quantitative estimate of drug-likeness (QED) is 0.124. The SMILES string of the molecule is Cc1c(CNCCCNCCCNCCCNCc2cccc(-c3ccccc3)c2C)cccc1C1=CC=CC(C)C1. The zero-order valence-corrected chi connectivity index (χ0v) is 26.1. The van der Waals surface area contributed by atoms with E-state index in [1.165, 1.54) is 50.9 Å². The fraction of sp³-hybridized carbons (Fsp3) is 0.421. The van der Waals surface area contributed by atoms with Crippen LogP contribution >= 0.6 is 0 Å². The van der Waals surface area contributed by atoms with Crippen LogP contribution in [0, 0.1) is 19.8 Å². The van der Waals surface area contributed by atoms with Crippen LogP contribution in [-0.4, -0.2) is 39.3 Å². The van der Waals surface area contributed by atoms with Crippen LogP contribution in [0.4, 0.5) is 0 Å². The van der Waals surface area contributed by atoms with Crippen molar-refractivity contribution in [3.05, 3.63) is 113 Å². The molecule has 0 heterocycles. The highest BCUT2D eigenvalue weighted by atomic mass is 14.9. The molecule has 224 valence electrons. The van der Waals surface area contributed by atoms with E-state index in [2.05, 4.69) is 127 Å². The summed E-state index contributed by atoms with van der Waals surface area (Å²) in [5.74, 6) is 0.626. The third-order valence-electron chi connectivity index (χ3n) is 8.35. The Balaban J connectivity index is 0.980. The van der Waals surface area contributed by atoms with Crippen molar-refractivity contribution in [2.24, 2.45) is 5.92 Å². The molecule has 0 saturated heterocycles. The van der Waals surface area contributed by atoms with Gasteiger partial charge in [0.25, 0.3) is 0 Å². The largest absolute Gasteiger partial charge is 0.317 e. The van der Waals surface area contributed by atoms with E-state index in [9.17, 15) is 0 Å². The van der Waals surface area contributed by atoms with Gasteiger partial charge in [0.2, 0.25) is 0 Å². The van der Waals surface area contributed by atoms with Gasteiger partial charge in [0.05, 0.1) is 0 Å². The maximum atomic E-state index is 3.65. The molecule has 1 atom stereocenters. The third kappa shape index (κ3) is 10.1. The molecule has 1 aliphatic rings. The van der Waals surface area contributed by atoms with E-state index < -0.39 is 0 Å². The van der Waals surface area contributed by atoms with Crippen molar-refractivity contribution in [3.8, 4) is 11.1 Å². The van der Waals surface area contributed by atoms with Gasteiger partial charge in [-0.05, 0) is 129 Å². The molecule has 0 bridgehead atoms. The number of rotatable bonds is 18. The summed E-state index contributed by atoms with van der Waals surface area (Å²) in [6.07, 6.45) is 11.4. The molecule has 3 aromatic rings. The van der Waals surface area contributed by atoms with Gasteiger partial charge in [0.1, 0.15) is 0 Å². The Bertz CT molecular complexity index is 1280. The maximum Gasteiger partial charge on any atom is 0.0208 e. The standard InChI is InChI=1S/C38H52N4/c1-30-13-7-16-34(27-30)38-20-9-18-36(32(38)3)29-42-26-12-24-40-22-10-21-39-23-11-25-41-28-35-17-8-19-37(31(35)2)33-14-5-4-6-15-33/h4-9,13-20,30,39-42H,10-12,21-29H2,1-3H3. The van der Waals surface area contributed by atoms with Crippen molar-refractivity contribution < 1.29 is 0 Å². The lowest BCUT2D eigenvalue weighted by atomic mass is 9.88. The molecule has 4 nitrogen and oxygen atoms in total. The molecule has 0 aromatic heterocycles. The first kappa shape index (κ1) is 31.9. The molecule has 0 amide bonds. The number of benzene rings is 3. The lowest BCUT2D eigenvalue weighted by Gasteiger charge is -2.18. The highest BCUT2D eigenvalue weighted by molar-refractivity contribution is 5.72. The topological polar surface area (TPSA) is 48.1 Å². The average molecular weight is 565 g/mol. The van der Waals surface area contributed by atoms with E-state index in [0.29, 0.717) is 5.92 Å². The predicted molar refractivity (Wildman–Crippen MR) is 182 cm³/mol. The number of hydrogen-bond acceptors (Lipinski definition) is 4. The van der Waals surface area contributed by atoms with Crippen molar-refractivity contribution in [1.29, 1.82) is 0 Å². The Kier molecular flexibility index (Phi) is 13.5. The fourth-order valence-electron chi connectivity index (χ4n) is 5.78. The highest BCUT2D eigenvalue weighted by Crippen LogP contribution is 2.30. The summed E-state index contributed by atoms with van der Waals surface area (Å²) in [6.45, 7) is 15.0. The van der Waals surface area contributed by atoms with Crippen LogP contribution < -0.4 is 21.3 Å². The molecule has 4 rings (SSSR count). The van der Waals surface area contributed by atoms with E-state index in [0.717, 1.165) is 71.6 Å². The van der Waals surface area contributed by atoms with Gasteiger partial charge in [-0.15, -0.1) is 0 Å². The zero-order chi connectivity index (χ0) is 29.4. The minimum absolute atomic E-state index is 0.626. The van der Waals surface area contributed by atoms with Gasteiger partial charge in [-0.1, -0.05) is 91.9 Å². The van der Waals surface area contributed by atoms with Gasteiger partial charge in [-0.3, -0.25) is 0 Å². The van der Waals surface area contributed by atoms with Crippen molar-refractivity contribution in [1.82, 2.24) is 21.3 Å². The Hall–Kier alpha value is -3.02. The first-order chi connectivity index (χ1) is 20.6. The molecular weight excluding hydrogens is 512 g/mol. The second-order valence-corrected chi connectivity index (χ2v) is 11.7. The number of hydrogen-bond donors (Lipinski definition) is 4. The second-order valence-electron chi connectivity index (χ2n) is 11.7. The van der Waals surface area contributed by atoms with E-state index in [1.54, 1.807) is 0 Å². The van der Waals surface area contributed by atoms with Crippen LogP contribution in [0.25, 0.3) is 16.7 Å². The lowest BCUT2D eigenvalue weighted by Crippen LogP contribution is -2.26. The van der Waals surface area contributed by atoms with Gasteiger partial charge in [0.15, 0.2) is 0 Å². The molecule has 4 heteroatoms. The summed E-state index contributed by atoms with van der Waals surface area (Å²) in [7, 11) is 0. The molecule has 42 heavy (non-hydrogen) atoms. The first-order valence-corrected chi connectivity index (χ1v) is 16.1.